The Balaban J connectivity index is 1.70. The zero-order valence-corrected chi connectivity index (χ0v) is 20.1. The normalized spacial score (nSPS) is 30.1. The third kappa shape index (κ3) is 4.52. The Morgan fingerprint density at radius 3 is 2.62 bits per heavy atom. The number of carbonyl (C=O) groups excluding carboxylic acids is 3. The van der Waals surface area contributed by atoms with Gasteiger partial charge in [-0.2, -0.15) is 0 Å². The number of nitrogens with zero attached hydrogens (tertiary/aromatic N) is 2. The number of fused-ring (bicyclic) bond motifs is 1. The molecule has 3 heterocycles. The fraction of sp³-hybridized carbons (Fsp3) is 0.727. The van der Waals surface area contributed by atoms with Crippen LogP contribution in [0.4, 0.5) is 0 Å². The van der Waals surface area contributed by atoms with E-state index in [4.69, 9.17) is 4.74 Å². The van der Waals surface area contributed by atoms with E-state index in [0.717, 1.165) is 0 Å². The quantitative estimate of drug-likeness (QED) is 0.385. The minimum absolute atomic E-state index is 0.00879. The van der Waals surface area contributed by atoms with Gasteiger partial charge < -0.3 is 25.0 Å². The molecule has 6 atom stereocenters. The van der Waals surface area contributed by atoms with Crippen LogP contribution in [0, 0.1) is 17.8 Å². The Kier molecular flexibility index (Phi) is 7.54. The van der Waals surface area contributed by atoms with Crippen molar-refractivity contribution >= 4 is 35.5 Å². The van der Waals surface area contributed by atoms with E-state index in [1.54, 1.807) is 25.9 Å². The van der Waals surface area contributed by atoms with Gasteiger partial charge in [-0.05, 0) is 25.7 Å². The van der Waals surface area contributed by atoms with Crippen molar-refractivity contribution in [2.24, 2.45) is 17.8 Å². The van der Waals surface area contributed by atoms with Gasteiger partial charge in [0.1, 0.15) is 5.70 Å². The van der Waals surface area contributed by atoms with Crippen molar-refractivity contribution in [2.75, 3.05) is 27.2 Å². The maximum atomic E-state index is 13.0. The molecule has 2 N–H and O–H groups in total. The molecule has 0 radical (unpaired) electrons. The minimum atomic E-state index is -1.10. The van der Waals surface area contributed by atoms with Crippen LogP contribution in [0.1, 0.15) is 40.0 Å². The lowest BCUT2D eigenvalue weighted by molar-refractivity contribution is -0.160. The van der Waals surface area contributed by atoms with Crippen LogP contribution in [0.25, 0.3) is 0 Å². The maximum Gasteiger partial charge on any atom is 0.353 e. The number of aliphatic carboxylic acids is 1. The number of carbonyl (C=O) groups is 4. The highest BCUT2D eigenvalue weighted by atomic mass is 32.2. The molecule has 3 rings (SSSR count). The molecule has 32 heavy (non-hydrogen) atoms. The van der Waals surface area contributed by atoms with Crippen LogP contribution in [0.3, 0.4) is 0 Å². The molecule has 2 saturated heterocycles. The van der Waals surface area contributed by atoms with Crippen molar-refractivity contribution in [1.82, 2.24) is 15.1 Å². The lowest BCUT2D eigenvalue weighted by atomic mass is 9.73. The Bertz CT molecular complexity index is 828. The Morgan fingerprint density at radius 2 is 2.03 bits per heavy atom. The van der Waals surface area contributed by atoms with Gasteiger partial charge in [0.25, 0.3) is 0 Å². The third-order valence-corrected chi connectivity index (χ3v) is 8.15. The van der Waals surface area contributed by atoms with Crippen molar-refractivity contribution in [3.05, 3.63) is 10.6 Å². The number of nitrogens with one attached hydrogen (secondary N) is 1. The van der Waals surface area contributed by atoms with E-state index in [-0.39, 0.29) is 65.0 Å². The van der Waals surface area contributed by atoms with Crippen molar-refractivity contribution in [1.29, 1.82) is 0 Å². The van der Waals surface area contributed by atoms with Gasteiger partial charge >= 0.3 is 11.9 Å². The summed E-state index contributed by atoms with van der Waals surface area (Å²) < 4.78 is 4.98. The number of hydrogen-bond donors (Lipinski definition) is 2. The van der Waals surface area contributed by atoms with Crippen LogP contribution in [0.2, 0.25) is 0 Å². The van der Waals surface area contributed by atoms with Gasteiger partial charge in [-0.25, -0.2) is 4.79 Å². The summed E-state index contributed by atoms with van der Waals surface area (Å²) in [6.45, 7) is 6.60. The van der Waals surface area contributed by atoms with Crippen LogP contribution in [0.15, 0.2) is 10.6 Å². The molecule has 0 aromatic heterocycles. The summed E-state index contributed by atoms with van der Waals surface area (Å²) in [5.41, 5.74) is 0.0775. The van der Waals surface area contributed by atoms with Gasteiger partial charge in [0, 0.05) is 43.1 Å². The van der Waals surface area contributed by atoms with Gasteiger partial charge in [0.05, 0.1) is 24.6 Å². The SMILES string of the molecule is CCOC(=O)CC[C@H](C)[C@H]1C(=O)N2C(C(=O)O)=C(S[C@@H]3CN[C@H](C(=O)N(C)C)C3)[C@H](C)[C@H]12. The fourth-order valence-electron chi connectivity index (χ4n) is 5.00. The smallest absolute Gasteiger partial charge is 0.353 e. The van der Waals surface area contributed by atoms with Crippen molar-refractivity contribution in [3.8, 4) is 0 Å². The maximum absolute atomic E-state index is 13.0. The summed E-state index contributed by atoms with van der Waals surface area (Å²) in [6.07, 6.45) is 1.39. The number of likely N-dealkylation sites (N-methyl/N-ethyl adjacent to an activating group) is 1. The van der Waals surface area contributed by atoms with E-state index < -0.39 is 5.97 Å². The van der Waals surface area contributed by atoms with E-state index >= 15 is 0 Å². The summed E-state index contributed by atoms with van der Waals surface area (Å²) in [5, 5.41) is 13.2. The second-order valence-corrected chi connectivity index (χ2v) is 10.4. The monoisotopic (exact) mass is 467 g/mol. The molecule has 10 heteroatoms. The predicted molar refractivity (Wildman–Crippen MR) is 119 cm³/mol. The number of amides is 2. The molecule has 0 bridgehead atoms. The van der Waals surface area contributed by atoms with Crippen LogP contribution in [0.5, 0.6) is 0 Å². The zero-order valence-electron chi connectivity index (χ0n) is 19.3. The van der Waals surface area contributed by atoms with E-state index in [9.17, 15) is 24.3 Å². The molecule has 3 aliphatic rings. The largest absolute Gasteiger partial charge is 0.477 e. The number of carboxylic acids is 1. The summed E-state index contributed by atoms with van der Waals surface area (Å²) in [4.78, 5) is 52.7. The highest BCUT2D eigenvalue weighted by molar-refractivity contribution is 8.03. The van der Waals surface area contributed by atoms with Gasteiger partial charge in [0.2, 0.25) is 11.8 Å². The molecule has 0 aromatic rings. The zero-order chi connectivity index (χ0) is 23.7. The molecule has 2 fully saturated rings. The average molecular weight is 468 g/mol. The Labute approximate surface area is 192 Å². The molecular weight excluding hydrogens is 434 g/mol. The molecule has 0 saturated carbocycles. The first-order valence-electron chi connectivity index (χ1n) is 11.2. The molecule has 0 spiro atoms. The molecule has 3 aliphatic heterocycles. The molecule has 9 nitrogen and oxygen atoms in total. The lowest BCUT2D eigenvalue weighted by Gasteiger charge is -2.47. The van der Waals surface area contributed by atoms with Gasteiger partial charge in [-0.3, -0.25) is 14.4 Å². The first-order chi connectivity index (χ1) is 15.1. The number of rotatable bonds is 9. The minimum Gasteiger partial charge on any atom is -0.477 e. The highest BCUT2D eigenvalue weighted by Gasteiger charge is 2.60. The number of hydrogen-bond acceptors (Lipinski definition) is 7. The molecule has 0 aliphatic carbocycles. The molecular formula is C22H33N3O6S. The average Bonchev–Trinajstić information content (AvgIpc) is 3.28. The molecule has 2 amide bonds. The Morgan fingerprint density at radius 1 is 1.34 bits per heavy atom. The van der Waals surface area contributed by atoms with Gasteiger partial charge in [0.15, 0.2) is 0 Å². The van der Waals surface area contributed by atoms with Crippen LogP contribution in [-0.4, -0.2) is 83.2 Å². The summed E-state index contributed by atoms with van der Waals surface area (Å²) in [6, 6.07) is -0.482. The summed E-state index contributed by atoms with van der Waals surface area (Å²) in [7, 11) is 3.43. The standard InChI is InChI=1S/C22H33N3O6S/c1-6-31-15(26)8-7-11(2)16-17-12(3)19(18(22(29)30)25(17)21(16)28)32-13-9-14(23-10-13)20(27)24(4)5/h11-14,16-17,23H,6-10H2,1-5H3,(H,29,30)/t11-,12+,13-,14-,16+,17+/m0/s1. The van der Waals surface area contributed by atoms with E-state index in [1.807, 2.05) is 13.8 Å². The topological polar surface area (TPSA) is 116 Å². The molecule has 0 unspecified atom stereocenters. The van der Waals surface area contributed by atoms with Crippen LogP contribution < -0.4 is 5.32 Å². The third-order valence-electron chi connectivity index (χ3n) is 6.64. The second-order valence-electron chi connectivity index (χ2n) is 9.02. The Hall–Kier alpha value is -2.07. The van der Waals surface area contributed by atoms with E-state index in [1.165, 1.54) is 16.7 Å². The van der Waals surface area contributed by atoms with Crippen molar-refractivity contribution in [3.63, 3.8) is 0 Å². The summed E-state index contributed by atoms with van der Waals surface area (Å²) in [5.74, 6) is -2.02. The lowest BCUT2D eigenvalue weighted by Crippen LogP contribution is -2.62. The van der Waals surface area contributed by atoms with Crippen molar-refractivity contribution < 1.29 is 29.0 Å². The van der Waals surface area contributed by atoms with Gasteiger partial charge in [-0.15, -0.1) is 11.8 Å². The highest BCUT2D eigenvalue weighted by Crippen LogP contribution is 2.53. The van der Waals surface area contributed by atoms with E-state index in [0.29, 0.717) is 30.9 Å². The predicted octanol–water partition coefficient (Wildman–Crippen LogP) is 1.29. The number of esters is 1. The molecule has 0 aromatic carbocycles. The van der Waals surface area contributed by atoms with Crippen LogP contribution >= 0.6 is 11.8 Å². The summed E-state index contributed by atoms with van der Waals surface area (Å²) >= 11 is 1.48. The van der Waals surface area contributed by atoms with Gasteiger partial charge in [-0.1, -0.05) is 13.8 Å². The van der Waals surface area contributed by atoms with Crippen molar-refractivity contribution in [2.45, 2.75) is 57.4 Å². The first kappa shape index (κ1) is 24.6. The van der Waals surface area contributed by atoms with E-state index in [2.05, 4.69) is 5.32 Å². The fourth-order valence-corrected chi connectivity index (χ4v) is 6.48. The number of ether oxygens (including phenoxy) is 1. The number of carboxylic acid groups (broad SMARTS) is 1. The second kappa shape index (κ2) is 9.82. The number of β-lactam (4-membered cyclic amide) rings is 1. The first-order valence-corrected chi connectivity index (χ1v) is 12.0. The number of thioether (sulfide) groups is 1. The van der Waals surface area contributed by atoms with Crippen LogP contribution in [-0.2, 0) is 23.9 Å². The molecule has 178 valence electrons.